The highest BCUT2D eigenvalue weighted by molar-refractivity contribution is 5.49. The van der Waals surface area contributed by atoms with Crippen molar-refractivity contribution in [3.8, 4) is 6.07 Å². The first-order chi connectivity index (χ1) is 11.6. The minimum absolute atomic E-state index is 0.175. The quantitative estimate of drug-likeness (QED) is 0.924. The monoisotopic (exact) mass is 327 g/mol. The summed E-state index contributed by atoms with van der Waals surface area (Å²) in [6.45, 7) is 2.34. The molecule has 1 fully saturated rings. The highest BCUT2D eigenvalue weighted by Gasteiger charge is 2.35. The van der Waals surface area contributed by atoms with Crippen molar-refractivity contribution in [3.63, 3.8) is 0 Å². The summed E-state index contributed by atoms with van der Waals surface area (Å²) in [5.74, 6) is -1.29. The maximum absolute atomic E-state index is 13.9. The van der Waals surface area contributed by atoms with Crippen LogP contribution >= 0.6 is 0 Å². The van der Waals surface area contributed by atoms with E-state index in [-0.39, 0.29) is 5.69 Å². The van der Waals surface area contributed by atoms with Crippen LogP contribution in [0.2, 0.25) is 0 Å². The van der Waals surface area contributed by atoms with Crippen LogP contribution in [0, 0.1) is 23.0 Å². The summed E-state index contributed by atoms with van der Waals surface area (Å²) in [5.41, 5.74) is 0.597. The van der Waals surface area contributed by atoms with Crippen LogP contribution in [0.4, 0.5) is 14.5 Å². The molecule has 0 saturated carbocycles. The molecule has 3 nitrogen and oxygen atoms in total. The fraction of sp³-hybridized carbons (Fsp3) is 0.316. The summed E-state index contributed by atoms with van der Waals surface area (Å²) in [5, 5.41) is 12.6. The highest BCUT2D eigenvalue weighted by Crippen LogP contribution is 2.28. The van der Waals surface area contributed by atoms with E-state index in [2.05, 4.69) is 28.4 Å². The van der Waals surface area contributed by atoms with Crippen molar-refractivity contribution in [3.05, 3.63) is 65.7 Å². The van der Waals surface area contributed by atoms with E-state index < -0.39 is 17.2 Å². The molecule has 0 aromatic heterocycles. The van der Waals surface area contributed by atoms with Gasteiger partial charge in [-0.2, -0.15) is 5.26 Å². The van der Waals surface area contributed by atoms with Crippen molar-refractivity contribution >= 4 is 5.69 Å². The van der Waals surface area contributed by atoms with E-state index in [0.717, 1.165) is 25.7 Å². The number of hydrogen-bond donors (Lipinski definition) is 1. The fourth-order valence-electron chi connectivity index (χ4n) is 3.05. The Balaban J connectivity index is 1.65. The van der Waals surface area contributed by atoms with Crippen molar-refractivity contribution < 1.29 is 8.78 Å². The van der Waals surface area contributed by atoms with Gasteiger partial charge in [-0.3, -0.25) is 4.90 Å². The first-order valence-electron chi connectivity index (χ1n) is 8.01. The topological polar surface area (TPSA) is 39.1 Å². The largest absolute Gasteiger partial charge is 0.365 e. The van der Waals surface area contributed by atoms with Gasteiger partial charge in [0, 0.05) is 25.7 Å². The maximum Gasteiger partial charge on any atom is 0.149 e. The zero-order chi connectivity index (χ0) is 17.0. The third-order valence-corrected chi connectivity index (χ3v) is 4.48. The van der Waals surface area contributed by atoms with Crippen LogP contribution in [-0.2, 0) is 6.54 Å². The molecule has 0 unspecified atom stereocenters. The Labute approximate surface area is 140 Å². The molecule has 0 spiro atoms. The SMILES string of the molecule is N#CC1(Nc2ccc(F)cc2F)CCN(Cc2ccccc2)CC1. The molecule has 1 N–H and O–H groups in total. The number of nitrogens with zero attached hydrogens (tertiary/aromatic N) is 2. The molecule has 0 radical (unpaired) electrons. The molecule has 2 aromatic rings. The van der Waals surface area contributed by atoms with Crippen molar-refractivity contribution in [1.82, 2.24) is 4.90 Å². The maximum atomic E-state index is 13.9. The van der Waals surface area contributed by atoms with E-state index in [1.54, 1.807) is 0 Å². The Morgan fingerprint density at radius 3 is 2.42 bits per heavy atom. The van der Waals surface area contributed by atoms with Crippen LogP contribution in [0.5, 0.6) is 0 Å². The average Bonchev–Trinajstić information content (AvgIpc) is 2.60. The Morgan fingerprint density at radius 2 is 1.79 bits per heavy atom. The van der Waals surface area contributed by atoms with Crippen molar-refractivity contribution in [1.29, 1.82) is 5.26 Å². The third-order valence-electron chi connectivity index (χ3n) is 4.48. The lowest BCUT2D eigenvalue weighted by atomic mass is 9.88. The lowest BCUT2D eigenvalue weighted by Gasteiger charge is -2.38. The Bertz CT molecular complexity index is 732. The van der Waals surface area contributed by atoms with Crippen LogP contribution < -0.4 is 5.32 Å². The normalized spacial score (nSPS) is 17.2. The molecule has 3 rings (SSSR count). The second-order valence-corrected chi connectivity index (χ2v) is 6.20. The first-order valence-corrected chi connectivity index (χ1v) is 8.01. The number of nitriles is 1. The molecule has 2 aromatic carbocycles. The van der Waals surface area contributed by atoms with E-state index in [9.17, 15) is 14.0 Å². The lowest BCUT2D eigenvalue weighted by Crippen LogP contribution is -2.48. The smallest absolute Gasteiger partial charge is 0.149 e. The van der Waals surface area contributed by atoms with E-state index >= 15 is 0 Å². The third kappa shape index (κ3) is 3.72. The van der Waals surface area contributed by atoms with Gasteiger partial charge in [0.15, 0.2) is 0 Å². The predicted molar refractivity (Wildman–Crippen MR) is 89.3 cm³/mol. The van der Waals surface area contributed by atoms with Gasteiger partial charge in [0.2, 0.25) is 0 Å². The summed E-state index contributed by atoms with van der Waals surface area (Å²) in [4.78, 5) is 2.29. The molecule has 124 valence electrons. The van der Waals surface area contributed by atoms with Crippen LogP contribution in [-0.4, -0.2) is 23.5 Å². The van der Waals surface area contributed by atoms with Gasteiger partial charge in [0.1, 0.15) is 17.2 Å². The van der Waals surface area contributed by atoms with E-state index in [0.29, 0.717) is 12.8 Å². The fourth-order valence-corrected chi connectivity index (χ4v) is 3.05. The van der Waals surface area contributed by atoms with Gasteiger partial charge in [-0.05, 0) is 30.5 Å². The first kappa shape index (κ1) is 16.4. The number of rotatable bonds is 4. The molecule has 0 amide bonds. The second-order valence-electron chi connectivity index (χ2n) is 6.20. The molecule has 0 bridgehead atoms. The van der Waals surface area contributed by atoms with E-state index in [1.165, 1.54) is 17.7 Å². The molecule has 1 heterocycles. The van der Waals surface area contributed by atoms with Gasteiger partial charge in [0.25, 0.3) is 0 Å². The van der Waals surface area contributed by atoms with Crippen molar-refractivity contribution in [2.45, 2.75) is 24.9 Å². The zero-order valence-electron chi connectivity index (χ0n) is 13.3. The summed E-state index contributed by atoms with van der Waals surface area (Å²) in [6.07, 6.45) is 1.18. The van der Waals surface area contributed by atoms with Crippen molar-refractivity contribution in [2.75, 3.05) is 18.4 Å². The van der Waals surface area contributed by atoms with Gasteiger partial charge in [-0.25, -0.2) is 8.78 Å². The van der Waals surface area contributed by atoms with Gasteiger partial charge in [-0.1, -0.05) is 30.3 Å². The number of halogens is 2. The molecule has 0 aliphatic carbocycles. The van der Waals surface area contributed by atoms with Gasteiger partial charge in [-0.15, -0.1) is 0 Å². The molecule has 1 aliphatic heterocycles. The Morgan fingerprint density at radius 1 is 1.08 bits per heavy atom. The molecule has 24 heavy (non-hydrogen) atoms. The number of hydrogen-bond acceptors (Lipinski definition) is 3. The Kier molecular flexibility index (Phi) is 4.77. The average molecular weight is 327 g/mol. The summed E-state index contributed by atoms with van der Waals surface area (Å²) in [7, 11) is 0. The molecular weight excluding hydrogens is 308 g/mol. The second kappa shape index (κ2) is 6.98. The summed E-state index contributed by atoms with van der Waals surface area (Å²) >= 11 is 0. The molecular formula is C19H19F2N3. The standard InChI is InChI=1S/C19H19F2N3/c20-16-6-7-18(17(21)12-16)23-19(14-22)8-10-24(11-9-19)13-15-4-2-1-3-5-15/h1-7,12,23H,8-11,13H2. The highest BCUT2D eigenvalue weighted by atomic mass is 19.1. The van der Waals surface area contributed by atoms with Crippen molar-refractivity contribution in [2.24, 2.45) is 0 Å². The minimum atomic E-state index is -0.814. The number of likely N-dealkylation sites (tertiary alicyclic amines) is 1. The van der Waals surface area contributed by atoms with E-state index in [4.69, 9.17) is 0 Å². The number of benzene rings is 2. The lowest BCUT2D eigenvalue weighted by molar-refractivity contribution is 0.189. The molecule has 1 aliphatic rings. The number of piperidine rings is 1. The number of anilines is 1. The molecule has 5 heteroatoms. The summed E-state index contributed by atoms with van der Waals surface area (Å²) in [6, 6.07) is 15.8. The minimum Gasteiger partial charge on any atom is -0.365 e. The van der Waals surface area contributed by atoms with Crippen LogP contribution in [0.25, 0.3) is 0 Å². The van der Waals surface area contributed by atoms with E-state index in [1.807, 2.05) is 18.2 Å². The molecule has 1 saturated heterocycles. The predicted octanol–water partition coefficient (Wildman–Crippen LogP) is 3.94. The van der Waals surface area contributed by atoms with Gasteiger partial charge >= 0.3 is 0 Å². The van der Waals surface area contributed by atoms with Gasteiger partial charge < -0.3 is 5.32 Å². The van der Waals surface area contributed by atoms with Crippen LogP contribution in [0.3, 0.4) is 0 Å². The van der Waals surface area contributed by atoms with Crippen LogP contribution in [0.15, 0.2) is 48.5 Å². The van der Waals surface area contributed by atoms with Gasteiger partial charge in [0.05, 0.1) is 11.8 Å². The molecule has 0 atom stereocenters. The number of nitrogens with one attached hydrogen (secondary N) is 1. The van der Waals surface area contributed by atoms with Crippen LogP contribution in [0.1, 0.15) is 18.4 Å². The summed E-state index contributed by atoms with van der Waals surface area (Å²) < 4.78 is 26.9. The Hall–Kier alpha value is -2.45. The zero-order valence-corrected chi connectivity index (χ0v) is 13.3.